The number of pyridine rings is 1. The lowest BCUT2D eigenvalue weighted by Crippen LogP contribution is -2.38. The van der Waals surface area contributed by atoms with E-state index in [-0.39, 0.29) is 5.88 Å². The summed E-state index contributed by atoms with van der Waals surface area (Å²) in [7, 11) is 0. The van der Waals surface area contributed by atoms with Crippen LogP contribution in [-0.4, -0.2) is 39.2 Å². The van der Waals surface area contributed by atoms with E-state index in [9.17, 15) is 5.11 Å². The largest absolute Gasteiger partial charge is 0.492 e. The molecular weight excluding hydrogens is 280 g/mol. The molecular formula is C15H20N6O. The summed E-state index contributed by atoms with van der Waals surface area (Å²) in [6.45, 7) is 3.99. The molecule has 116 valence electrons. The predicted octanol–water partition coefficient (Wildman–Crippen LogP) is 1.79. The molecule has 1 aliphatic rings. The second-order valence-corrected chi connectivity index (χ2v) is 5.41. The Labute approximate surface area is 129 Å². The van der Waals surface area contributed by atoms with Crippen molar-refractivity contribution in [1.82, 2.24) is 20.3 Å². The van der Waals surface area contributed by atoms with Gasteiger partial charge in [-0.15, -0.1) is 0 Å². The van der Waals surface area contributed by atoms with Crippen molar-refractivity contribution in [2.45, 2.75) is 25.8 Å². The van der Waals surface area contributed by atoms with Gasteiger partial charge in [0.1, 0.15) is 11.5 Å². The molecule has 0 bridgehead atoms. The van der Waals surface area contributed by atoms with Gasteiger partial charge < -0.3 is 21.1 Å². The van der Waals surface area contributed by atoms with Gasteiger partial charge in [-0.3, -0.25) is 0 Å². The Morgan fingerprint density at radius 3 is 3.05 bits per heavy atom. The van der Waals surface area contributed by atoms with Crippen molar-refractivity contribution in [3.8, 4) is 5.88 Å². The van der Waals surface area contributed by atoms with Crippen LogP contribution in [0.1, 0.15) is 18.4 Å². The van der Waals surface area contributed by atoms with Crippen LogP contribution in [0.4, 0.5) is 17.5 Å². The van der Waals surface area contributed by atoms with Crippen LogP contribution >= 0.6 is 0 Å². The highest BCUT2D eigenvalue weighted by Crippen LogP contribution is 2.23. The Hall–Kier alpha value is -2.41. The van der Waals surface area contributed by atoms with Gasteiger partial charge in [0.05, 0.1) is 0 Å². The third kappa shape index (κ3) is 3.43. The highest BCUT2D eigenvalue weighted by atomic mass is 16.3. The monoisotopic (exact) mass is 300 g/mol. The number of hydrogen-bond acceptors (Lipinski definition) is 7. The number of aromatic nitrogens is 3. The Bertz CT molecular complexity index is 642. The van der Waals surface area contributed by atoms with Gasteiger partial charge in [0, 0.05) is 30.5 Å². The zero-order chi connectivity index (χ0) is 15.4. The maximum atomic E-state index is 9.70. The van der Waals surface area contributed by atoms with Crippen molar-refractivity contribution in [1.29, 1.82) is 0 Å². The third-order valence-corrected chi connectivity index (χ3v) is 3.64. The van der Waals surface area contributed by atoms with Gasteiger partial charge in [-0.25, -0.2) is 9.97 Å². The van der Waals surface area contributed by atoms with E-state index in [2.05, 4.69) is 30.9 Å². The summed E-state index contributed by atoms with van der Waals surface area (Å²) in [5.74, 6) is 1.17. The number of piperidine rings is 1. The number of aromatic hydroxyl groups is 1. The first-order valence-electron chi connectivity index (χ1n) is 7.44. The van der Waals surface area contributed by atoms with Gasteiger partial charge in [0.15, 0.2) is 0 Å². The fourth-order valence-electron chi connectivity index (χ4n) is 2.43. The van der Waals surface area contributed by atoms with E-state index in [1.165, 1.54) is 6.20 Å². The molecule has 7 nitrogen and oxygen atoms in total. The average Bonchev–Trinajstić information content (AvgIpc) is 2.54. The third-order valence-electron chi connectivity index (χ3n) is 3.64. The van der Waals surface area contributed by atoms with Crippen LogP contribution in [-0.2, 0) is 0 Å². The van der Waals surface area contributed by atoms with Crippen LogP contribution in [0.15, 0.2) is 24.5 Å². The maximum Gasteiger partial charge on any atom is 0.235 e. The quantitative estimate of drug-likeness (QED) is 0.684. The van der Waals surface area contributed by atoms with Crippen LogP contribution in [0.25, 0.3) is 0 Å². The molecule has 0 spiro atoms. The first-order valence-corrected chi connectivity index (χ1v) is 7.44. The highest BCUT2D eigenvalue weighted by molar-refractivity contribution is 5.60. The standard InChI is InChI=1S/C15H20N6O/c1-10-8-18-15(20-12-5-3-7-17-14(12)22)21-13(10)19-11-4-2-6-16-9-11/h3,5,7-8,11,16H,2,4,6,9H2,1H3,(H,17,22)(H2,18,19,20,21)/t11-/m1/s1. The van der Waals surface area contributed by atoms with Crippen molar-refractivity contribution in [3.63, 3.8) is 0 Å². The minimum Gasteiger partial charge on any atom is -0.492 e. The van der Waals surface area contributed by atoms with E-state index in [1.807, 2.05) is 6.92 Å². The fourth-order valence-corrected chi connectivity index (χ4v) is 2.43. The number of nitrogens with zero attached hydrogens (tertiary/aromatic N) is 3. The minimum absolute atomic E-state index is 0.0716. The Morgan fingerprint density at radius 2 is 2.27 bits per heavy atom. The van der Waals surface area contributed by atoms with Crippen molar-refractivity contribution in [2.75, 3.05) is 23.7 Å². The Kier molecular flexibility index (Phi) is 4.34. The first kappa shape index (κ1) is 14.5. The summed E-state index contributed by atoms with van der Waals surface area (Å²) in [5, 5.41) is 19.5. The van der Waals surface area contributed by atoms with E-state index in [0.29, 0.717) is 17.7 Å². The molecule has 1 atom stereocenters. The van der Waals surface area contributed by atoms with Crippen molar-refractivity contribution in [2.24, 2.45) is 0 Å². The van der Waals surface area contributed by atoms with Crippen molar-refractivity contribution >= 4 is 17.5 Å². The molecule has 2 aromatic heterocycles. The second-order valence-electron chi connectivity index (χ2n) is 5.41. The lowest BCUT2D eigenvalue weighted by Gasteiger charge is -2.25. The second kappa shape index (κ2) is 6.57. The number of nitrogens with one attached hydrogen (secondary N) is 3. The number of aryl methyl sites for hydroxylation is 1. The SMILES string of the molecule is Cc1cnc(Nc2cccnc2O)nc1N[C@@H]1CCCNC1. The molecule has 1 saturated heterocycles. The molecule has 3 rings (SSSR count). The first-order chi connectivity index (χ1) is 10.7. The molecule has 0 saturated carbocycles. The van der Waals surface area contributed by atoms with Crippen LogP contribution in [0.3, 0.4) is 0 Å². The number of hydrogen-bond donors (Lipinski definition) is 4. The molecule has 2 aromatic rings. The highest BCUT2D eigenvalue weighted by Gasteiger charge is 2.15. The molecule has 0 aromatic carbocycles. The minimum atomic E-state index is -0.0716. The van der Waals surface area contributed by atoms with E-state index >= 15 is 0 Å². The zero-order valence-electron chi connectivity index (χ0n) is 12.5. The van der Waals surface area contributed by atoms with Crippen LogP contribution in [0, 0.1) is 6.92 Å². The van der Waals surface area contributed by atoms with E-state index < -0.39 is 0 Å². The molecule has 1 fully saturated rings. The number of anilines is 3. The molecule has 4 N–H and O–H groups in total. The summed E-state index contributed by atoms with van der Waals surface area (Å²) < 4.78 is 0. The lowest BCUT2D eigenvalue weighted by molar-refractivity contribution is 0.456. The van der Waals surface area contributed by atoms with Crippen LogP contribution in [0.5, 0.6) is 5.88 Å². The van der Waals surface area contributed by atoms with Gasteiger partial charge in [0.2, 0.25) is 11.8 Å². The van der Waals surface area contributed by atoms with Crippen LogP contribution < -0.4 is 16.0 Å². The molecule has 0 aliphatic carbocycles. The fraction of sp³-hybridized carbons (Fsp3) is 0.400. The summed E-state index contributed by atoms with van der Waals surface area (Å²) in [4.78, 5) is 12.6. The van der Waals surface area contributed by atoms with E-state index in [0.717, 1.165) is 37.3 Å². The summed E-state index contributed by atoms with van der Waals surface area (Å²) in [6.07, 6.45) is 5.58. The normalized spacial score (nSPS) is 18.0. The van der Waals surface area contributed by atoms with Gasteiger partial charge in [-0.2, -0.15) is 4.98 Å². The molecule has 1 aliphatic heterocycles. The average molecular weight is 300 g/mol. The van der Waals surface area contributed by atoms with Crippen molar-refractivity contribution < 1.29 is 5.11 Å². The molecule has 0 amide bonds. The zero-order valence-corrected chi connectivity index (χ0v) is 12.5. The number of rotatable bonds is 4. The van der Waals surface area contributed by atoms with E-state index in [4.69, 9.17) is 0 Å². The maximum absolute atomic E-state index is 9.70. The molecule has 22 heavy (non-hydrogen) atoms. The summed E-state index contributed by atoms with van der Waals surface area (Å²) in [5.41, 5.74) is 1.48. The molecule has 7 heteroatoms. The molecule has 3 heterocycles. The van der Waals surface area contributed by atoms with Gasteiger partial charge >= 0.3 is 0 Å². The topological polar surface area (TPSA) is 95.0 Å². The predicted molar refractivity (Wildman–Crippen MR) is 85.5 cm³/mol. The van der Waals surface area contributed by atoms with E-state index in [1.54, 1.807) is 18.3 Å². The molecule has 0 unspecified atom stereocenters. The lowest BCUT2D eigenvalue weighted by atomic mass is 10.1. The van der Waals surface area contributed by atoms with Gasteiger partial charge in [0.25, 0.3) is 0 Å². The van der Waals surface area contributed by atoms with Gasteiger partial charge in [-0.1, -0.05) is 0 Å². The van der Waals surface area contributed by atoms with Gasteiger partial charge in [-0.05, 0) is 38.4 Å². The Balaban J connectivity index is 1.76. The smallest absolute Gasteiger partial charge is 0.235 e. The van der Waals surface area contributed by atoms with Crippen molar-refractivity contribution in [3.05, 3.63) is 30.1 Å². The summed E-state index contributed by atoms with van der Waals surface area (Å²) in [6, 6.07) is 3.84. The van der Waals surface area contributed by atoms with Crippen LogP contribution in [0.2, 0.25) is 0 Å². The molecule has 0 radical (unpaired) electrons. The summed E-state index contributed by atoms with van der Waals surface area (Å²) >= 11 is 0. The Morgan fingerprint density at radius 1 is 1.36 bits per heavy atom.